The van der Waals surface area contributed by atoms with Crippen molar-refractivity contribution in [1.29, 1.82) is 5.26 Å². The minimum absolute atomic E-state index is 0.211. The molecule has 0 bridgehead atoms. The molecule has 1 aromatic rings. The predicted octanol–water partition coefficient (Wildman–Crippen LogP) is 2.81. The Morgan fingerprint density at radius 3 is 2.73 bits per heavy atom. The Morgan fingerprint density at radius 1 is 1.60 bits per heavy atom. The van der Waals surface area contributed by atoms with Crippen LogP contribution in [-0.4, -0.2) is 12.4 Å². The van der Waals surface area contributed by atoms with Gasteiger partial charge in [-0.1, -0.05) is 11.6 Å². The zero-order valence-corrected chi connectivity index (χ0v) is 9.26. The van der Waals surface area contributed by atoms with Crippen LogP contribution in [0.5, 0.6) is 5.75 Å². The van der Waals surface area contributed by atoms with Gasteiger partial charge in [-0.05, 0) is 26.0 Å². The van der Waals surface area contributed by atoms with E-state index in [0.29, 0.717) is 12.4 Å². The molecule has 0 aromatic heterocycles. The van der Waals surface area contributed by atoms with E-state index >= 15 is 0 Å². The third kappa shape index (κ3) is 2.28. The minimum Gasteiger partial charge on any atom is -0.492 e. The Labute approximate surface area is 93.2 Å². The van der Waals surface area contributed by atoms with Crippen LogP contribution in [0.25, 0.3) is 0 Å². The van der Waals surface area contributed by atoms with Gasteiger partial charge in [0.2, 0.25) is 0 Å². The number of halogens is 1. The van der Waals surface area contributed by atoms with Gasteiger partial charge in [-0.15, -0.1) is 0 Å². The number of nitrogens with zero attached hydrogens (tertiary/aromatic N) is 1. The first-order valence-corrected chi connectivity index (χ1v) is 4.86. The molecule has 0 radical (unpaired) electrons. The first-order valence-electron chi connectivity index (χ1n) is 4.48. The Bertz CT molecular complexity index is 435. The van der Waals surface area contributed by atoms with Crippen LogP contribution in [0.15, 0.2) is 12.1 Å². The van der Waals surface area contributed by atoms with E-state index in [1.54, 1.807) is 6.07 Å². The van der Waals surface area contributed by atoms with Gasteiger partial charge in [-0.2, -0.15) is 5.26 Å². The number of rotatable bonds is 3. The predicted molar refractivity (Wildman–Crippen MR) is 57.3 cm³/mol. The van der Waals surface area contributed by atoms with Crippen molar-refractivity contribution < 1.29 is 9.53 Å². The van der Waals surface area contributed by atoms with Gasteiger partial charge >= 0.3 is 0 Å². The van der Waals surface area contributed by atoms with Crippen molar-refractivity contribution in [3.63, 3.8) is 0 Å². The molecule has 0 N–H and O–H groups in total. The highest BCUT2D eigenvalue weighted by Crippen LogP contribution is 2.30. The van der Waals surface area contributed by atoms with Gasteiger partial charge in [0.05, 0.1) is 28.8 Å². The Morgan fingerprint density at radius 2 is 2.27 bits per heavy atom. The van der Waals surface area contributed by atoms with Crippen LogP contribution < -0.4 is 4.74 Å². The number of nitriles is 1. The lowest BCUT2D eigenvalue weighted by Crippen LogP contribution is -2.01. The maximum atomic E-state index is 11.3. The van der Waals surface area contributed by atoms with E-state index in [-0.39, 0.29) is 21.9 Å². The van der Waals surface area contributed by atoms with E-state index in [0.717, 1.165) is 0 Å². The van der Waals surface area contributed by atoms with E-state index in [2.05, 4.69) is 0 Å². The molecule has 78 valence electrons. The zero-order valence-electron chi connectivity index (χ0n) is 8.50. The molecule has 0 unspecified atom stereocenters. The molecule has 1 aromatic carbocycles. The second-order valence-corrected chi connectivity index (χ2v) is 3.28. The van der Waals surface area contributed by atoms with Crippen LogP contribution >= 0.6 is 11.6 Å². The third-order valence-electron chi connectivity index (χ3n) is 1.88. The molecule has 0 saturated heterocycles. The van der Waals surface area contributed by atoms with Crippen molar-refractivity contribution in [3.05, 3.63) is 28.3 Å². The van der Waals surface area contributed by atoms with Crippen LogP contribution in [0.2, 0.25) is 5.02 Å². The molecule has 0 fully saturated rings. The molecule has 15 heavy (non-hydrogen) atoms. The lowest BCUT2D eigenvalue weighted by Gasteiger charge is -2.09. The fourth-order valence-electron chi connectivity index (χ4n) is 1.26. The number of hydrogen-bond donors (Lipinski definition) is 0. The molecule has 0 amide bonds. The Balaban J connectivity index is 3.37. The monoisotopic (exact) mass is 223 g/mol. The molecule has 0 aliphatic rings. The summed E-state index contributed by atoms with van der Waals surface area (Å²) in [7, 11) is 0. The molecular formula is C11H10ClNO2. The van der Waals surface area contributed by atoms with Gasteiger partial charge in [-0.25, -0.2) is 0 Å². The number of carbonyl (C=O) groups excluding carboxylic acids is 1. The van der Waals surface area contributed by atoms with Crippen molar-refractivity contribution in [2.75, 3.05) is 6.61 Å². The highest BCUT2D eigenvalue weighted by atomic mass is 35.5. The quantitative estimate of drug-likeness (QED) is 0.741. The van der Waals surface area contributed by atoms with Crippen LogP contribution in [-0.2, 0) is 0 Å². The number of benzene rings is 1. The topological polar surface area (TPSA) is 50.1 Å². The van der Waals surface area contributed by atoms with Crippen molar-refractivity contribution in [2.24, 2.45) is 0 Å². The van der Waals surface area contributed by atoms with Crippen molar-refractivity contribution in [2.45, 2.75) is 13.8 Å². The molecule has 0 saturated carbocycles. The molecule has 0 aliphatic heterocycles. The highest BCUT2D eigenvalue weighted by molar-refractivity contribution is 6.35. The van der Waals surface area contributed by atoms with E-state index in [1.165, 1.54) is 13.0 Å². The fraction of sp³-hybridized carbons (Fsp3) is 0.273. The normalized spacial score (nSPS) is 9.47. The summed E-state index contributed by atoms with van der Waals surface area (Å²) in [6, 6.07) is 5.06. The third-order valence-corrected chi connectivity index (χ3v) is 2.25. The second-order valence-electron chi connectivity index (χ2n) is 2.90. The lowest BCUT2D eigenvalue weighted by atomic mass is 10.0. The summed E-state index contributed by atoms with van der Waals surface area (Å²) in [5.74, 6) is 0.196. The minimum atomic E-state index is -0.238. The van der Waals surface area contributed by atoms with Crippen LogP contribution in [0.1, 0.15) is 29.8 Å². The van der Waals surface area contributed by atoms with Gasteiger partial charge in [0.15, 0.2) is 5.78 Å². The number of ketones is 1. The van der Waals surface area contributed by atoms with Crippen LogP contribution in [0, 0.1) is 11.3 Å². The van der Waals surface area contributed by atoms with Crippen LogP contribution in [0.4, 0.5) is 0 Å². The maximum absolute atomic E-state index is 11.3. The van der Waals surface area contributed by atoms with E-state index in [1.807, 2.05) is 13.0 Å². The fourth-order valence-corrected chi connectivity index (χ4v) is 1.61. The van der Waals surface area contributed by atoms with Crippen molar-refractivity contribution in [1.82, 2.24) is 0 Å². The lowest BCUT2D eigenvalue weighted by molar-refractivity contribution is 0.101. The SMILES string of the molecule is CCOc1ccc(C#N)c(C(C)=O)c1Cl. The van der Waals surface area contributed by atoms with Gasteiger partial charge in [-0.3, -0.25) is 4.79 Å². The van der Waals surface area contributed by atoms with E-state index in [4.69, 9.17) is 21.6 Å². The molecule has 4 heteroatoms. The summed E-state index contributed by atoms with van der Waals surface area (Å²) in [6.07, 6.45) is 0. The molecule has 1 rings (SSSR count). The summed E-state index contributed by atoms with van der Waals surface area (Å²) >= 11 is 5.97. The Kier molecular flexibility index (Phi) is 3.70. The van der Waals surface area contributed by atoms with E-state index in [9.17, 15) is 4.79 Å². The van der Waals surface area contributed by atoms with Gasteiger partial charge in [0.25, 0.3) is 0 Å². The molecule has 3 nitrogen and oxygen atoms in total. The number of ether oxygens (including phenoxy) is 1. The second kappa shape index (κ2) is 4.81. The highest BCUT2D eigenvalue weighted by Gasteiger charge is 2.15. The zero-order chi connectivity index (χ0) is 11.4. The van der Waals surface area contributed by atoms with Gasteiger partial charge in [0, 0.05) is 0 Å². The molecule has 0 aliphatic carbocycles. The Hall–Kier alpha value is -1.53. The summed E-state index contributed by atoms with van der Waals surface area (Å²) in [5.41, 5.74) is 0.501. The number of carbonyl (C=O) groups is 1. The van der Waals surface area contributed by atoms with E-state index < -0.39 is 0 Å². The van der Waals surface area contributed by atoms with Crippen LogP contribution in [0.3, 0.4) is 0 Å². The number of Topliss-reactive ketones (excluding diaryl/α,β-unsaturated/α-hetero) is 1. The summed E-state index contributed by atoms with van der Waals surface area (Å²) in [4.78, 5) is 11.3. The number of hydrogen-bond acceptors (Lipinski definition) is 3. The summed E-state index contributed by atoms with van der Waals surface area (Å²) in [6.45, 7) is 3.66. The largest absolute Gasteiger partial charge is 0.492 e. The molecule has 0 spiro atoms. The average molecular weight is 224 g/mol. The average Bonchev–Trinajstić information content (AvgIpc) is 2.20. The molecule has 0 atom stereocenters. The molecular weight excluding hydrogens is 214 g/mol. The van der Waals surface area contributed by atoms with Crippen molar-refractivity contribution in [3.8, 4) is 11.8 Å². The van der Waals surface area contributed by atoms with Gasteiger partial charge < -0.3 is 4.74 Å². The first-order chi connectivity index (χ1) is 7.11. The summed E-state index contributed by atoms with van der Waals surface area (Å²) in [5, 5.41) is 9.02. The molecule has 0 heterocycles. The van der Waals surface area contributed by atoms with Crippen molar-refractivity contribution >= 4 is 17.4 Å². The maximum Gasteiger partial charge on any atom is 0.162 e. The smallest absolute Gasteiger partial charge is 0.162 e. The van der Waals surface area contributed by atoms with Gasteiger partial charge in [0.1, 0.15) is 5.75 Å². The standard InChI is InChI=1S/C11H10ClNO2/c1-3-15-9-5-4-8(6-13)10(7(2)14)11(9)12/h4-5H,3H2,1-2H3. The summed E-state index contributed by atoms with van der Waals surface area (Å²) < 4.78 is 5.23. The first kappa shape index (κ1) is 11.5.